The Balaban J connectivity index is 2.08. The van der Waals surface area contributed by atoms with Gasteiger partial charge in [-0.15, -0.1) is 0 Å². The maximum absolute atomic E-state index is 13.6. The zero-order valence-electron chi connectivity index (χ0n) is 9.22. The number of hydrogen-bond acceptors (Lipinski definition) is 2. The van der Waals surface area contributed by atoms with E-state index in [1.165, 1.54) is 0 Å². The molecule has 2 rings (SSSR count). The highest BCUT2D eigenvalue weighted by Gasteiger charge is 2.23. The summed E-state index contributed by atoms with van der Waals surface area (Å²) in [6.45, 7) is 3.22. The van der Waals surface area contributed by atoms with E-state index < -0.39 is 0 Å². The average molecular weight is 222 g/mol. The van der Waals surface area contributed by atoms with Crippen molar-refractivity contribution in [2.75, 3.05) is 18.4 Å². The van der Waals surface area contributed by atoms with Crippen LogP contribution in [-0.4, -0.2) is 19.0 Å². The second-order valence-corrected chi connectivity index (χ2v) is 4.12. The van der Waals surface area contributed by atoms with E-state index >= 15 is 0 Å². The predicted octanol–water partition coefficient (Wildman–Crippen LogP) is 1.68. The number of carbonyl (C=O) groups excluding carboxylic acids is 1. The molecule has 0 aromatic heterocycles. The SMILES string of the molecule is Cc1cccc(NC(=O)C2CCNC2)c1F. The van der Waals surface area contributed by atoms with Crippen LogP contribution in [0.25, 0.3) is 0 Å². The van der Waals surface area contributed by atoms with Crippen molar-refractivity contribution in [1.82, 2.24) is 5.32 Å². The number of aryl methyl sites for hydroxylation is 1. The van der Waals surface area contributed by atoms with E-state index in [-0.39, 0.29) is 23.3 Å². The molecule has 0 radical (unpaired) electrons. The number of hydrogen-bond donors (Lipinski definition) is 2. The van der Waals surface area contributed by atoms with Gasteiger partial charge in [-0.3, -0.25) is 4.79 Å². The number of rotatable bonds is 2. The van der Waals surface area contributed by atoms with Crippen LogP contribution in [-0.2, 0) is 4.79 Å². The quantitative estimate of drug-likeness (QED) is 0.799. The molecule has 1 amide bonds. The lowest BCUT2D eigenvalue weighted by Gasteiger charge is -2.11. The molecule has 1 fully saturated rings. The summed E-state index contributed by atoms with van der Waals surface area (Å²) in [4.78, 5) is 11.8. The number of nitrogens with one attached hydrogen (secondary N) is 2. The summed E-state index contributed by atoms with van der Waals surface area (Å²) < 4.78 is 13.6. The Kier molecular flexibility index (Phi) is 3.19. The van der Waals surface area contributed by atoms with Gasteiger partial charge in [0.05, 0.1) is 11.6 Å². The monoisotopic (exact) mass is 222 g/mol. The second kappa shape index (κ2) is 4.61. The standard InChI is InChI=1S/C12H15FN2O/c1-8-3-2-4-10(11(8)13)15-12(16)9-5-6-14-7-9/h2-4,9,14H,5-7H2,1H3,(H,15,16). The fourth-order valence-corrected chi connectivity index (χ4v) is 1.86. The minimum Gasteiger partial charge on any atom is -0.323 e. The topological polar surface area (TPSA) is 41.1 Å². The summed E-state index contributed by atoms with van der Waals surface area (Å²) in [5.74, 6) is -0.490. The number of anilines is 1. The van der Waals surface area contributed by atoms with Crippen LogP contribution < -0.4 is 10.6 Å². The van der Waals surface area contributed by atoms with Gasteiger partial charge >= 0.3 is 0 Å². The molecule has 1 unspecified atom stereocenters. The Morgan fingerprint density at radius 1 is 1.56 bits per heavy atom. The first-order valence-corrected chi connectivity index (χ1v) is 5.45. The van der Waals surface area contributed by atoms with Crippen LogP contribution in [0.1, 0.15) is 12.0 Å². The van der Waals surface area contributed by atoms with Crippen LogP contribution >= 0.6 is 0 Å². The van der Waals surface area contributed by atoms with Crippen molar-refractivity contribution in [3.05, 3.63) is 29.6 Å². The minimum absolute atomic E-state index is 0.0417. The molecular weight excluding hydrogens is 207 g/mol. The molecule has 0 bridgehead atoms. The van der Waals surface area contributed by atoms with E-state index in [1.54, 1.807) is 25.1 Å². The Morgan fingerprint density at radius 3 is 3.06 bits per heavy atom. The number of amides is 1. The molecule has 86 valence electrons. The van der Waals surface area contributed by atoms with E-state index in [1.807, 2.05) is 0 Å². The molecule has 1 atom stereocenters. The molecule has 16 heavy (non-hydrogen) atoms. The van der Waals surface area contributed by atoms with E-state index in [2.05, 4.69) is 10.6 Å². The molecule has 3 nitrogen and oxygen atoms in total. The molecule has 2 N–H and O–H groups in total. The van der Waals surface area contributed by atoms with Gasteiger partial charge in [-0.1, -0.05) is 12.1 Å². The van der Waals surface area contributed by atoms with Crippen molar-refractivity contribution in [1.29, 1.82) is 0 Å². The summed E-state index contributed by atoms with van der Waals surface area (Å²) in [5.41, 5.74) is 0.819. The maximum atomic E-state index is 13.6. The van der Waals surface area contributed by atoms with Gasteiger partial charge < -0.3 is 10.6 Å². The molecular formula is C12H15FN2O. The fourth-order valence-electron chi connectivity index (χ4n) is 1.86. The van der Waals surface area contributed by atoms with Gasteiger partial charge in [-0.05, 0) is 31.5 Å². The lowest BCUT2D eigenvalue weighted by atomic mass is 10.1. The van der Waals surface area contributed by atoms with Gasteiger partial charge in [-0.25, -0.2) is 4.39 Å². The van der Waals surface area contributed by atoms with Crippen LogP contribution in [0.2, 0.25) is 0 Å². The molecule has 0 aliphatic carbocycles. The van der Waals surface area contributed by atoms with Gasteiger partial charge in [0.25, 0.3) is 0 Å². The molecule has 1 aliphatic heterocycles. The fraction of sp³-hybridized carbons (Fsp3) is 0.417. The lowest BCUT2D eigenvalue weighted by molar-refractivity contribution is -0.119. The van der Waals surface area contributed by atoms with Crippen LogP contribution in [0.3, 0.4) is 0 Å². The number of carbonyl (C=O) groups is 1. The maximum Gasteiger partial charge on any atom is 0.228 e. The molecule has 1 aliphatic rings. The third-order valence-electron chi connectivity index (χ3n) is 2.88. The minimum atomic E-state index is -0.346. The number of benzene rings is 1. The molecule has 1 aromatic rings. The smallest absolute Gasteiger partial charge is 0.228 e. The lowest BCUT2D eigenvalue weighted by Crippen LogP contribution is -2.25. The highest BCUT2D eigenvalue weighted by molar-refractivity contribution is 5.93. The molecule has 4 heteroatoms. The molecule has 1 saturated heterocycles. The highest BCUT2D eigenvalue weighted by Crippen LogP contribution is 2.19. The van der Waals surface area contributed by atoms with Crippen molar-refractivity contribution in [2.45, 2.75) is 13.3 Å². The van der Waals surface area contributed by atoms with Crippen LogP contribution in [0, 0.1) is 18.7 Å². The zero-order valence-corrected chi connectivity index (χ0v) is 9.22. The summed E-state index contributed by atoms with van der Waals surface area (Å²) in [5, 5.41) is 5.75. The van der Waals surface area contributed by atoms with Gasteiger partial charge in [0.2, 0.25) is 5.91 Å². The van der Waals surface area contributed by atoms with Gasteiger partial charge in [-0.2, -0.15) is 0 Å². The Labute approximate surface area is 94.0 Å². The van der Waals surface area contributed by atoms with Crippen LogP contribution in [0.15, 0.2) is 18.2 Å². The van der Waals surface area contributed by atoms with Crippen molar-refractivity contribution in [3.63, 3.8) is 0 Å². The second-order valence-electron chi connectivity index (χ2n) is 4.12. The highest BCUT2D eigenvalue weighted by atomic mass is 19.1. The largest absolute Gasteiger partial charge is 0.323 e. The summed E-state index contributed by atoms with van der Waals surface area (Å²) >= 11 is 0. The van der Waals surface area contributed by atoms with Crippen LogP contribution in [0.5, 0.6) is 0 Å². The summed E-state index contributed by atoms with van der Waals surface area (Å²) in [6.07, 6.45) is 0.819. The molecule has 1 aromatic carbocycles. The Hall–Kier alpha value is -1.42. The first kappa shape index (κ1) is 11.1. The third-order valence-corrected chi connectivity index (χ3v) is 2.88. The van der Waals surface area contributed by atoms with Gasteiger partial charge in [0, 0.05) is 6.54 Å². The van der Waals surface area contributed by atoms with E-state index in [9.17, 15) is 9.18 Å². The normalized spacial score (nSPS) is 19.8. The van der Waals surface area contributed by atoms with Crippen molar-refractivity contribution >= 4 is 11.6 Å². The Bertz CT molecular complexity index is 400. The summed E-state index contributed by atoms with van der Waals surface area (Å²) in [7, 11) is 0. The molecule has 0 spiro atoms. The average Bonchev–Trinajstić information content (AvgIpc) is 2.78. The third kappa shape index (κ3) is 2.22. The van der Waals surface area contributed by atoms with Crippen LogP contribution in [0.4, 0.5) is 10.1 Å². The van der Waals surface area contributed by atoms with Crippen molar-refractivity contribution in [2.24, 2.45) is 5.92 Å². The Morgan fingerprint density at radius 2 is 2.38 bits per heavy atom. The summed E-state index contributed by atoms with van der Waals surface area (Å²) in [6, 6.07) is 5.01. The molecule has 1 heterocycles. The van der Waals surface area contributed by atoms with Gasteiger partial charge in [0.1, 0.15) is 5.82 Å². The zero-order chi connectivity index (χ0) is 11.5. The van der Waals surface area contributed by atoms with Crippen molar-refractivity contribution < 1.29 is 9.18 Å². The first-order valence-electron chi connectivity index (χ1n) is 5.45. The van der Waals surface area contributed by atoms with Gasteiger partial charge in [0.15, 0.2) is 0 Å². The van der Waals surface area contributed by atoms with E-state index in [0.717, 1.165) is 13.0 Å². The van der Waals surface area contributed by atoms with E-state index in [0.29, 0.717) is 12.1 Å². The molecule has 0 saturated carbocycles. The van der Waals surface area contributed by atoms with E-state index in [4.69, 9.17) is 0 Å². The first-order chi connectivity index (χ1) is 7.68. The number of halogens is 1. The predicted molar refractivity (Wildman–Crippen MR) is 60.7 cm³/mol. The van der Waals surface area contributed by atoms with Crippen molar-refractivity contribution in [3.8, 4) is 0 Å².